The monoisotopic (exact) mass is 342 g/mol. The first kappa shape index (κ1) is 17.1. The highest BCUT2D eigenvalue weighted by Crippen LogP contribution is 2.26. The average Bonchev–Trinajstić information content (AvgIpc) is 2.50. The number of hydrogen-bond donors (Lipinski definition) is 0. The fraction of sp³-hybridized carbons (Fsp3) is 0.500. The van der Waals surface area contributed by atoms with Crippen molar-refractivity contribution in [3.8, 4) is 0 Å². The van der Waals surface area contributed by atoms with Crippen molar-refractivity contribution in [3.05, 3.63) is 33.3 Å². The molecule has 1 saturated heterocycles. The second-order valence-electron chi connectivity index (χ2n) is 5.53. The molecule has 0 spiro atoms. The van der Waals surface area contributed by atoms with Gasteiger partial charge in [0.2, 0.25) is 5.91 Å². The molecule has 0 radical (unpaired) electrons. The molecule has 1 aliphatic rings. The molecule has 1 aromatic rings. The van der Waals surface area contributed by atoms with Gasteiger partial charge in [0.05, 0.1) is 0 Å². The standard InChI is InChI=1S/C16H20Cl2N2O2/c1-3-4-5-19-6-7-20(10-15(19)21)16(22)12-8-13(17)11(2)14(18)9-12/h8-9H,3-7,10H2,1-2H3. The number of amides is 2. The minimum absolute atomic E-state index is 0.00245. The Balaban J connectivity index is 2.07. The molecular weight excluding hydrogens is 323 g/mol. The number of carbonyl (C=O) groups is 2. The van der Waals surface area contributed by atoms with Crippen LogP contribution in [0.3, 0.4) is 0 Å². The first-order valence-corrected chi connectivity index (χ1v) is 8.22. The van der Waals surface area contributed by atoms with E-state index in [1.807, 2.05) is 4.90 Å². The predicted octanol–water partition coefficient (Wildman–Crippen LogP) is 3.39. The van der Waals surface area contributed by atoms with E-state index < -0.39 is 0 Å². The maximum absolute atomic E-state index is 12.5. The highest BCUT2D eigenvalue weighted by Gasteiger charge is 2.27. The molecule has 6 heteroatoms. The Labute approximate surface area is 141 Å². The van der Waals surface area contributed by atoms with Crippen molar-refractivity contribution in [2.24, 2.45) is 0 Å². The van der Waals surface area contributed by atoms with Crippen LogP contribution in [0.1, 0.15) is 35.7 Å². The molecule has 0 unspecified atom stereocenters. The van der Waals surface area contributed by atoms with Gasteiger partial charge in [0.25, 0.3) is 5.91 Å². The number of benzene rings is 1. The zero-order valence-corrected chi connectivity index (χ0v) is 14.4. The summed E-state index contributed by atoms with van der Waals surface area (Å²) in [5, 5.41) is 0.924. The Kier molecular flexibility index (Phi) is 5.70. The van der Waals surface area contributed by atoms with E-state index in [0.717, 1.165) is 24.9 Å². The number of piperazine rings is 1. The van der Waals surface area contributed by atoms with Gasteiger partial charge in [-0.25, -0.2) is 0 Å². The molecule has 2 rings (SSSR count). The lowest BCUT2D eigenvalue weighted by atomic mass is 10.1. The van der Waals surface area contributed by atoms with E-state index in [1.54, 1.807) is 24.0 Å². The van der Waals surface area contributed by atoms with E-state index in [9.17, 15) is 9.59 Å². The van der Waals surface area contributed by atoms with Crippen LogP contribution in [0.2, 0.25) is 10.0 Å². The van der Waals surface area contributed by atoms with Gasteiger partial charge in [0.15, 0.2) is 0 Å². The number of carbonyl (C=O) groups excluding carboxylic acids is 2. The molecule has 2 amide bonds. The molecule has 0 saturated carbocycles. The Hall–Kier alpha value is -1.26. The van der Waals surface area contributed by atoms with Gasteiger partial charge in [-0.15, -0.1) is 0 Å². The zero-order chi connectivity index (χ0) is 16.3. The first-order valence-electron chi connectivity index (χ1n) is 7.46. The number of halogens is 2. The normalized spacial score (nSPS) is 15.4. The molecule has 0 aliphatic carbocycles. The molecule has 4 nitrogen and oxygen atoms in total. The van der Waals surface area contributed by atoms with Gasteiger partial charge in [-0.2, -0.15) is 0 Å². The van der Waals surface area contributed by atoms with Crippen LogP contribution in [0.5, 0.6) is 0 Å². The quantitative estimate of drug-likeness (QED) is 0.841. The summed E-state index contributed by atoms with van der Waals surface area (Å²) in [6.45, 7) is 5.89. The van der Waals surface area contributed by atoms with Gasteiger partial charge >= 0.3 is 0 Å². The Morgan fingerprint density at radius 1 is 1.23 bits per heavy atom. The van der Waals surface area contributed by atoms with E-state index in [1.165, 1.54) is 0 Å². The maximum Gasteiger partial charge on any atom is 0.254 e. The van der Waals surface area contributed by atoms with Crippen molar-refractivity contribution in [1.29, 1.82) is 0 Å². The van der Waals surface area contributed by atoms with E-state index in [2.05, 4.69) is 6.92 Å². The molecule has 0 bridgehead atoms. The fourth-order valence-corrected chi connectivity index (χ4v) is 2.91. The summed E-state index contributed by atoms with van der Waals surface area (Å²) in [6, 6.07) is 3.22. The molecular formula is C16H20Cl2N2O2. The van der Waals surface area contributed by atoms with Crippen LogP contribution < -0.4 is 0 Å². The maximum atomic E-state index is 12.5. The van der Waals surface area contributed by atoms with Crippen LogP contribution in [0.4, 0.5) is 0 Å². The van der Waals surface area contributed by atoms with Gasteiger partial charge in [0.1, 0.15) is 6.54 Å². The fourth-order valence-electron chi connectivity index (χ4n) is 2.42. The summed E-state index contributed by atoms with van der Waals surface area (Å²) in [6.07, 6.45) is 2.04. The molecule has 120 valence electrons. The second-order valence-corrected chi connectivity index (χ2v) is 6.34. The van der Waals surface area contributed by atoms with Crippen LogP contribution in [0.25, 0.3) is 0 Å². The van der Waals surface area contributed by atoms with Gasteiger partial charge in [-0.1, -0.05) is 36.5 Å². The molecule has 1 aromatic carbocycles. The minimum atomic E-state index is -0.202. The number of hydrogen-bond acceptors (Lipinski definition) is 2. The highest BCUT2D eigenvalue weighted by molar-refractivity contribution is 6.36. The largest absolute Gasteiger partial charge is 0.339 e. The summed E-state index contributed by atoms with van der Waals surface area (Å²) < 4.78 is 0. The summed E-state index contributed by atoms with van der Waals surface area (Å²) in [5.74, 6) is -0.204. The number of nitrogens with zero attached hydrogens (tertiary/aromatic N) is 2. The minimum Gasteiger partial charge on any atom is -0.339 e. The molecule has 1 aliphatic heterocycles. The van der Waals surface area contributed by atoms with Gasteiger partial charge in [-0.05, 0) is 31.0 Å². The summed E-state index contributed by atoms with van der Waals surface area (Å²) in [4.78, 5) is 28.0. The Morgan fingerprint density at radius 2 is 1.86 bits per heavy atom. The first-order chi connectivity index (χ1) is 10.4. The van der Waals surface area contributed by atoms with Crippen molar-refractivity contribution in [3.63, 3.8) is 0 Å². The van der Waals surface area contributed by atoms with E-state index in [4.69, 9.17) is 23.2 Å². The van der Waals surface area contributed by atoms with Crippen molar-refractivity contribution in [1.82, 2.24) is 9.80 Å². The molecule has 1 heterocycles. The highest BCUT2D eigenvalue weighted by atomic mass is 35.5. The third-order valence-electron chi connectivity index (χ3n) is 3.92. The van der Waals surface area contributed by atoms with E-state index in [-0.39, 0.29) is 18.4 Å². The van der Waals surface area contributed by atoms with E-state index in [0.29, 0.717) is 28.7 Å². The topological polar surface area (TPSA) is 40.6 Å². The number of rotatable bonds is 4. The molecule has 22 heavy (non-hydrogen) atoms. The van der Waals surface area contributed by atoms with Crippen LogP contribution >= 0.6 is 23.2 Å². The average molecular weight is 343 g/mol. The SMILES string of the molecule is CCCCN1CCN(C(=O)c2cc(Cl)c(C)c(Cl)c2)CC1=O. The smallest absolute Gasteiger partial charge is 0.254 e. The van der Waals surface area contributed by atoms with Gasteiger partial charge < -0.3 is 9.80 Å². The Bertz CT molecular complexity index is 567. The Morgan fingerprint density at radius 3 is 2.41 bits per heavy atom. The molecule has 0 N–H and O–H groups in total. The summed E-state index contributed by atoms with van der Waals surface area (Å²) in [5.41, 5.74) is 1.18. The van der Waals surface area contributed by atoms with Crippen molar-refractivity contribution in [2.75, 3.05) is 26.2 Å². The van der Waals surface area contributed by atoms with Crippen LogP contribution in [-0.2, 0) is 4.79 Å². The predicted molar refractivity (Wildman–Crippen MR) is 88.6 cm³/mol. The summed E-state index contributed by atoms with van der Waals surface area (Å²) >= 11 is 12.2. The molecule has 0 atom stereocenters. The third-order valence-corrected chi connectivity index (χ3v) is 4.70. The van der Waals surface area contributed by atoms with Crippen molar-refractivity contribution in [2.45, 2.75) is 26.7 Å². The summed E-state index contributed by atoms with van der Waals surface area (Å²) in [7, 11) is 0. The second kappa shape index (κ2) is 7.34. The third kappa shape index (κ3) is 3.73. The van der Waals surface area contributed by atoms with Crippen LogP contribution in [-0.4, -0.2) is 47.8 Å². The lowest BCUT2D eigenvalue weighted by Crippen LogP contribution is -2.52. The van der Waals surface area contributed by atoms with Crippen LogP contribution in [0.15, 0.2) is 12.1 Å². The van der Waals surface area contributed by atoms with Crippen molar-refractivity contribution >= 4 is 35.0 Å². The van der Waals surface area contributed by atoms with Crippen molar-refractivity contribution < 1.29 is 9.59 Å². The zero-order valence-electron chi connectivity index (χ0n) is 12.9. The lowest BCUT2D eigenvalue weighted by molar-refractivity contribution is -0.135. The van der Waals surface area contributed by atoms with Crippen LogP contribution in [0, 0.1) is 6.92 Å². The van der Waals surface area contributed by atoms with Gasteiger partial charge in [-0.3, -0.25) is 9.59 Å². The van der Waals surface area contributed by atoms with E-state index >= 15 is 0 Å². The molecule has 0 aromatic heterocycles. The lowest BCUT2D eigenvalue weighted by Gasteiger charge is -2.34. The van der Waals surface area contributed by atoms with Gasteiger partial charge in [0, 0.05) is 35.2 Å². The molecule has 1 fully saturated rings. The number of unbranched alkanes of at least 4 members (excludes halogenated alkanes) is 1.